The van der Waals surface area contributed by atoms with Crippen molar-refractivity contribution in [3.63, 3.8) is 0 Å². The van der Waals surface area contributed by atoms with Crippen LogP contribution in [0.5, 0.6) is 0 Å². The lowest BCUT2D eigenvalue weighted by Gasteiger charge is -2.27. The summed E-state index contributed by atoms with van der Waals surface area (Å²) in [5, 5.41) is 0. The first kappa shape index (κ1) is 19.0. The Kier molecular flexibility index (Phi) is 5.89. The maximum Gasteiger partial charge on any atom is 0.434 e. The van der Waals surface area contributed by atoms with Gasteiger partial charge in [0.1, 0.15) is 0 Å². The van der Waals surface area contributed by atoms with Crippen molar-refractivity contribution in [1.29, 1.82) is 0 Å². The van der Waals surface area contributed by atoms with Gasteiger partial charge in [-0.3, -0.25) is 4.79 Å². The molecule has 0 bridgehead atoms. The van der Waals surface area contributed by atoms with Crippen LogP contribution in [0.2, 0.25) is 0 Å². The fourth-order valence-electron chi connectivity index (χ4n) is 1.53. The Morgan fingerprint density at radius 3 is 1.70 bits per heavy atom. The van der Waals surface area contributed by atoms with E-state index >= 15 is 0 Å². The van der Waals surface area contributed by atoms with Gasteiger partial charge in [0, 0.05) is 6.54 Å². The lowest BCUT2D eigenvalue weighted by atomic mass is 9.84. The Balaban J connectivity index is 5.01. The van der Waals surface area contributed by atoms with E-state index in [0.29, 0.717) is 0 Å². The van der Waals surface area contributed by atoms with Crippen LogP contribution in [0.3, 0.4) is 0 Å². The fourth-order valence-corrected chi connectivity index (χ4v) is 1.53. The van der Waals surface area contributed by atoms with E-state index in [0.717, 1.165) is 0 Å². The predicted octanol–water partition coefficient (Wildman–Crippen LogP) is 3.03. The Morgan fingerprint density at radius 1 is 1.05 bits per heavy atom. The molecule has 0 aliphatic heterocycles. The Labute approximate surface area is 112 Å². The van der Waals surface area contributed by atoms with E-state index in [1.54, 1.807) is 20.8 Å². The van der Waals surface area contributed by atoms with Crippen molar-refractivity contribution < 1.29 is 35.9 Å². The lowest BCUT2D eigenvalue weighted by Crippen LogP contribution is -2.47. The average Bonchev–Trinajstić information content (AvgIpc) is 2.17. The molecule has 0 radical (unpaired) electrons. The van der Waals surface area contributed by atoms with E-state index in [4.69, 9.17) is 5.73 Å². The van der Waals surface area contributed by atoms with Gasteiger partial charge in [-0.1, -0.05) is 20.8 Å². The number of esters is 1. The van der Waals surface area contributed by atoms with Crippen LogP contribution in [0, 0.1) is 11.3 Å². The third-order valence-corrected chi connectivity index (χ3v) is 2.31. The molecule has 0 spiro atoms. The molecule has 0 aromatic heterocycles. The van der Waals surface area contributed by atoms with E-state index in [-0.39, 0.29) is 6.42 Å². The molecule has 1 unspecified atom stereocenters. The van der Waals surface area contributed by atoms with Gasteiger partial charge in [-0.15, -0.1) is 0 Å². The Morgan fingerprint density at radius 2 is 1.45 bits per heavy atom. The molecule has 0 saturated heterocycles. The number of hydrogen-bond donors (Lipinski definition) is 1. The van der Waals surface area contributed by atoms with Gasteiger partial charge in [-0.05, 0) is 11.8 Å². The number of ether oxygens (including phenoxy) is 1. The van der Waals surface area contributed by atoms with Gasteiger partial charge in [0.25, 0.3) is 6.10 Å². The third-order valence-electron chi connectivity index (χ3n) is 2.31. The zero-order valence-electron chi connectivity index (χ0n) is 11.2. The Hall–Kier alpha value is -0.990. The molecule has 0 rings (SSSR count). The first-order chi connectivity index (χ1) is 8.68. The minimum atomic E-state index is -5.71. The number of rotatable bonds is 4. The van der Waals surface area contributed by atoms with Crippen LogP contribution in [0.15, 0.2) is 0 Å². The van der Waals surface area contributed by atoms with Crippen LogP contribution in [0.4, 0.5) is 26.3 Å². The summed E-state index contributed by atoms with van der Waals surface area (Å²) in [7, 11) is 0. The minimum absolute atomic E-state index is 0.0186. The summed E-state index contributed by atoms with van der Waals surface area (Å²) in [5.41, 5.74) is 4.72. The maximum absolute atomic E-state index is 12.3. The van der Waals surface area contributed by atoms with Crippen molar-refractivity contribution in [2.45, 2.75) is 45.6 Å². The zero-order chi connectivity index (χ0) is 16.4. The molecule has 3 nitrogen and oxygen atoms in total. The smallest absolute Gasteiger partial charge is 0.434 e. The second-order valence-corrected chi connectivity index (χ2v) is 5.60. The van der Waals surface area contributed by atoms with E-state index in [1.165, 1.54) is 0 Å². The lowest BCUT2D eigenvalue weighted by molar-refractivity contribution is -0.314. The average molecular weight is 309 g/mol. The molecule has 0 heterocycles. The van der Waals surface area contributed by atoms with Gasteiger partial charge in [0.15, 0.2) is 0 Å². The summed E-state index contributed by atoms with van der Waals surface area (Å²) >= 11 is 0. The van der Waals surface area contributed by atoms with E-state index in [1.807, 2.05) is 0 Å². The molecule has 0 aromatic rings. The van der Waals surface area contributed by atoms with E-state index in [9.17, 15) is 31.1 Å². The first-order valence-corrected chi connectivity index (χ1v) is 5.72. The van der Waals surface area contributed by atoms with Crippen LogP contribution in [0.1, 0.15) is 27.2 Å². The van der Waals surface area contributed by atoms with Crippen LogP contribution in [0.25, 0.3) is 0 Å². The second kappa shape index (κ2) is 6.19. The van der Waals surface area contributed by atoms with Gasteiger partial charge in [-0.2, -0.15) is 26.3 Å². The fraction of sp³-hybridized carbons (Fsp3) is 0.909. The molecule has 2 N–H and O–H groups in total. The molecule has 0 fully saturated rings. The number of hydrogen-bond acceptors (Lipinski definition) is 3. The summed E-state index contributed by atoms with van der Waals surface area (Å²) < 4.78 is 77.1. The van der Waals surface area contributed by atoms with Gasteiger partial charge < -0.3 is 10.5 Å². The molecule has 120 valence electrons. The molecular formula is C11H17F6NO2. The number of carbonyl (C=O) groups is 1. The van der Waals surface area contributed by atoms with Crippen LogP contribution in [-0.2, 0) is 9.53 Å². The molecule has 0 aromatic carbocycles. The predicted molar refractivity (Wildman–Crippen MR) is 58.6 cm³/mol. The first-order valence-electron chi connectivity index (χ1n) is 5.72. The van der Waals surface area contributed by atoms with E-state index < -0.39 is 42.3 Å². The van der Waals surface area contributed by atoms with Crippen LogP contribution >= 0.6 is 0 Å². The third kappa shape index (κ3) is 6.44. The van der Waals surface area contributed by atoms with Crippen molar-refractivity contribution in [1.82, 2.24) is 0 Å². The number of alkyl halides is 6. The van der Waals surface area contributed by atoms with Gasteiger partial charge in [0.2, 0.25) is 0 Å². The Bertz CT molecular complexity index is 317. The van der Waals surface area contributed by atoms with Crippen molar-refractivity contribution in [3.05, 3.63) is 0 Å². The van der Waals surface area contributed by atoms with Crippen LogP contribution < -0.4 is 5.73 Å². The van der Waals surface area contributed by atoms with Crippen molar-refractivity contribution in [2.24, 2.45) is 17.1 Å². The second-order valence-electron chi connectivity index (χ2n) is 5.60. The highest BCUT2D eigenvalue weighted by atomic mass is 19.4. The number of halogens is 6. The monoisotopic (exact) mass is 309 g/mol. The number of carbonyl (C=O) groups excluding carboxylic acids is 1. The summed E-state index contributed by atoms with van der Waals surface area (Å²) in [4.78, 5) is 11.5. The summed E-state index contributed by atoms with van der Waals surface area (Å²) in [6, 6.07) is 0. The van der Waals surface area contributed by atoms with Gasteiger partial charge in [-0.25, -0.2) is 0 Å². The number of nitrogens with two attached hydrogens (primary N) is 1. The highest BCUT2D eigenvalue weighted by molar-refractivity contribution is 5.73. The molecule has 20 heavy (non-hydrogen) atoms. The van der Waals surface area contributed by atoms with Crippen molar-refractivity contribution in [2.75, 3.05) is 6.54 Å². The molecule has 0 amide bonds. The quantitative estimate of drug-likeness (QED) is 0.641. The molecule has 0 aliphatic carbocycles. The SMILES string of the molecule is CC(C)(C)CC(CN)C(=O)OC(C(F)(F)F)C(F)(F)F. The summed E-state index contributed by atoms with van der Waals surface area (Å²) in [6.07, 6.45) is -15.5. The molecule has 0 saturated carbocycles. The summed E-state index contributed by atoms with van der Waals surface area (Å²) in [6.45, 7) is 4.63. The zero-order valence-corrected chi connectivity index (χ0v) is 11.2. The topological polar surface area (TPSA) is 52.3 Å². The maximum atomic E-state index is 12.3. The van der Waals surface area contributed by atoms with E-state index in [2.05, 4.69) is 4.74 Å². The largest absolute Gasteiger partial charge is 0.442 e. The minimum Gasteiger partial charge on any atom is -0.442 e. The van der Waals surface area contributed by atoms with Crippen LogP contribution in [-0.4, -0.2) is 31.0 Å². The summed E-state index contributed by atoms with van der Waals surface area (Å²) in [5.74, 6) is -2.82. The molecule has 9 heteroatoms. The van der Waals surface area contributed by atoms with Gasteiger partial charge in [0.05, 0.1) is 5.92 Å². The normalized spacial score (nSPS) is 15.3. The molecule has 1 atom stereocenters. The highest BCUT2D eigenvalue weighted by Gasteiger charge is 2.60. The van der Waals surface area contributed by atoms with Gasteiger partial charge >= 0.3 is 18.3 Å². The molecular weight excluding hydrogens is 292 g/mol. The molecule has 0 aliphatic rings. The highest BCUT2D eigenvalue weighted by Crippen LogP contribution is 2.36. The van der Waals surface area contributed by atoms with Crippen molar-refractivity contribution >= 4 is 5.97 Å². The van der Waals surface area contributed by atoms with Crippen molar-refractivity contribution in [3.8, 4) is 0 Å². The standard InChI is InChI=1S/C11H17F6NO2/c1-9(2,3)4-6(5-18)7(19)20-8(10(12,13)14)11(15,16)17/h6,8H,4-5,18H2,1-3H3.